The van der Waals surface area contributed by atoms with Crippen LogP contribution in [0.25, 0.3) is 0 Å². The van der Waals surface area contributed by atoms with Gasteiger partial charge in [0.25, 0.3) is 5.91 Å². The molecule has 2 aromatic carbocycles. The molecule has 1 heterocycles. The number of nitrogens with zero attached hydrogens (tertiary/aromatic N) is 2. The van der Waals surface area contributed by atoms with E-state index in [2.05, 4.69) is 10.2 Å². The Morgan fingerprint density at radius 3 is 1.89 bits per heavy atom. The average molecular weight is 484 g/mol. The summed E-state index contributed by atoms with van der Waals surface area (Å²) in [6.45, 7) is 13.9. The summed E-state index contributed by atoms with van der Waals surface area (Å²) in [6.07, 6.45) is 0. The van der Waals surface area contributed by atoms with Crippen molar-refractivity contribution >= 4 is 23.2 Å². The summed E-state index contributed by atoms with van der Waals surface area (Å²) in [4.78, 5) is 29.4. The molecule has 8 nitrogen and oxygen atoms in total. The van der Waals surface area contributed by atoms with E-state index in [9.17, 15) is 9.59 Å². The third-order valence-corrected chi connectivity index (χ3v) is 5.75. The third kappa shape index (κ3) is 6.59. The largest absolute Gasteiger partial charge is 0.490 e. The molecule has 1 aliphatic heterocycles. The van der Waals surface area contributed by atoms with Gasteiger partial charge in [0.05, 0.1) is 19.8 Å². The zero-order valence-electron chi connectivity index (χ0n) is 21.4. The van der Waals surface area contributed by atoms with Gasteiger partial charge in [-0.15, -0.1) is 0 Å². The SMILES string of the molecule is CCOc1cc(C(=O)Nc2ccc(N3CCN(C(=O)C(C)C)CC3)cc2)cc(OCC)c1OCC. The molecule has 1 saturated heterocycles. The number of rotatable bonds is 10. The molecule has 0 bridgehead atoms. The van der Waals surface area contributed by atoms with E-state index in [4.69, 9.17) is 14.2 Å². The van der Waals surface area contributed by atoms with Crippen molar-refractivity contribution in [3.63, 3.8) is 0 Å². The van der Waals surface area contributed by atoms with E-state index in [1.165, 1.54) is 0 Å². The maximum absolute atomic E-state index is 13.0. The minimum atomic E-state index is -0.261. The molecule has 0 atom stereocenters. The summed E-state index contributed by atoms with van der Waals surface area (Å²) >= 11 is 0. The molecule has 0 aliphatic carbocycles. The van der Waals surface area contributed by atoms with Crippen LogP contribution in [0, 0.1) is 5.92 Å². The van der Waals surface area contributed by atoms with Gasteiger partial charge < -0.3 is 29.3 Å². The number of nitrogens with one attached hydrogen (secondary N) is 1. The lowest BCUT2D eigenvalue weighted by atomic mass is 10.1. The fraction of sp³-hybridized carbons (Fsp3) is 0.481. The molecule has 0 spiro atoms. The highest BCUT2D eigenvalue weighted by Gasteiger charge is 2.23. The maximum Gasteiger partial charge on any atom is 0.255 e. The van der Waals surface area contributed by atoms with Crippen LogP contribution in [0.4, 0.5) is 11.4 Å². The first-order chi connectivity index (χ1) is 16.9. The van der Waals surface area contributed by atoms with Crippen LogP contribution in [-0.4, -0.2) is 62.7 Å². The summed E-state index contributed by atoms with van der Waals surface area (Å²) in [6, 6.07) is 11.1. The summed E-state index contributed by atoms with van der Waals surface area (Å²) in [5.74, 6) is 1.44. The average Bonchev–Trinajstić information content (AvgIpc) is 2.86. The first-order valence-electron chi connectivity index (χ1n) is 12.4. The number of benzene rings is 2. The van der Waals surface area contributed by atoms with Crippen molar-refractivity contribution in [2.24, 2.45) is 5.92 Å². The lowest BCUT2D eigenvalue weighted by molar-refractivity contribution is -0.134. The van der Waals surface area contributed by atoms with Crippen LogP contribution in [0.5, 0.6) is 17.2 Å². The van der Waals surface area contributed by atoms with Crippen molar-refractivity contribution in [3.05, 3.63) is 42.0 Å². The van der Waals surface area contributed by atoms with Gasteiger partial charge in [0, 0.05) is 49.0 Å². The number of anilines is 2. The number of amides is 2. The van der Waals surface area contributed by atoms with Gasteiger partial charge in [0.2, 0.25) is 11.7 Å². The van der Waals surface area contributed by atoms with Gasteiger partial charge in [-0.2, -0.15) is 0 Å². The van der Waals surface area contributed by atoms with Crippen LogP contribution >= 0.6 is 0 Å². The molecule has 2 amide bonds. The highest BCUT2D eigenvalue weighted by atomic mass is 16.5. The van der Waals surface area contributed by atoms with E-state index >= 15 is 0 Å². The van der Waals surface area contributed by atoms with Crippen LogP contribution in [-0.2, 0) is 4.79 Å². The first kappa shape index (κ1) is 26.2. The van der Waals surface area contributed by atoms with Crippen LogP contribution < -0.4 is 24.4 Å². The quantitative estimate of drug-likeness (QED) is 0.538. The van der Waals surface area contributed by atoms with Gasteiger partial charge in [-0.1, -0.05) is 13.8 Å². The Kier molecular flexibility index (Phi) is 9.23. The molecule has 1 fully saturated rings. The molecule has 1 N–H and O–H groups in total. The Labute approximate surface area is 208 Å². The smallest absolute Gasteiger partial charge is 0.255 e. The number of piperazine rings is 1. The van der Waals surface area contributed by atoms with Crippen molar-refractivity contribution in [1.82, 2.24) is 4.90 Å². The summed E-state index contributed by atoms with van der Waals surface area (Å²) < 4.78 is 17.2. The molecule has 8 heteroatoms. The Bertz CT molecular complexity index is 971. The lowest BCUT2D eigenvalue weighted by Crippen LogP contribution is -2.49. The van der Waals surface area contributed by atoms with E-state index < -0.39 is 0 Å². The zero-order chi connectivity index (χ0) is 25.4. The second-order valence-electron chi connectivity index (χ2n) is 8.57. The van der Waals surface area contributed by atoms with Gasteiger partial charge in [0.1, 0.15) is 0 Å². The third-order valence-electron chi connectivity index (χ3n) is 5.75. The Morgan fingerprint density at radius 1 is 0.857 bits per heavy atom. The molecule has 1 aliphatic rings. The zero-order valence-corrected chi connectivity index (χ0v) is 21.4. The number of hydrogen-bond acceptors (Lipinski definition) is 6. The van der Waals surface area contributed by atoms with Crippen molar-refractivity contribution in [2.45, 2.75) is 34.6 Å². The van der Waals surface area contributed by atoms with Gasteiger partial charge >= 0.3 is 0 Å². The highest BCUT2D eigenvalue weighted by molar-refractivity contribution is 6.05. The monoisotopic (exact) mass is 483 g/mol. The molecule has 35 heavy (non-hydrogen) atoms. The van der Waals surface area contributed by atoms with Crippen LogP contribution in [0.2, 0.25) is 0 Å². The maximum atomic E-state index is 13.0. The molecule has 3 rings (SSSR count). The van der Waals surface area contributed by atoms with Crippen molar-refractivity contribution in [3.8, 4) is 17.2 Å². The van der Waals surface area contributed by atoms with Crippen molar-refractivity contribution in [2.75, 3.05) is 56.2 Å². The second kappa shape index (κ2) is 12.3. The number of hydrogen-bond donors (Lipinski definition) is 1. The van der Waals surface area contributed by atoms with E-state index in [0.29, 0.717) is 48.3 Å². The van der Waals surface area contributed by atoms with E-state index in [0.717, 1.165) is 31.9 Å². The molecule has 190 valence electrons. The second-order valence-corrected chi connectivity index (χ2v) is 8.57. The lowest BCUT2D eigenvalue weighted by Gasteiger charge is -2.37. The molecular weight excluding hydrogens is 446 g/mol. The Morgan fingerprint density at radius 2 is 1.40 bits per heavy atom. The molecular formula is C27H37N3O5. The predicted molar refractivity (Wildman–Crippen MR) is 138 cm³/mol. The standard InChI is InChI=1S/C27H37N3O5/c1-6-33-23-17-20(18-24(34-7-2)25(23)35-8-3)26(31)28-21-9-11-22(12-10-21)29-13-15-30(16-14-29)27(32)19(4)5/h9-12,17-19H,6-8,13-16H2,1-5H3,(H,28,31). The summed E-state index contributed by atoms with van der Waals surface area (Å²) in [7, 11) is 0. The van der Waals surface area contributed by atoms with E-state index in [-0.39, 0.29) is 17.7 Å². The minimum Gasteiger partial charge on any atom is -0.490 e. The van der Waals surface area contributed by atoms with E-state index in [1.54, 1.807) is 12.1 Å². The predicted octanol–water partition coefficient (Wildman–Crippen LogP) is 4.44. The van der Waals surface area contributed by atoms with Gasteiger partial charge in [-0.3, -0.25) is 9.59 Å². The van der Waals surface area contributed by atoms with Gasteiger partial charge in [-0.25, -0.2) is 0 Å². The fourth-order valence-electron chi connectivity index (χ4n) is 4.03. The summed E-state index contributed by atoms with van der Waals surface area (Å²) in [5, 5.41) is 2.95. The number of carbonyl (C=O) groups is 2. The highest BCUT2D eigenvalue weighted by Crippen LogP contribution is 2.39. The Hall–Kier alpha value is -3.42. The molecule has 2 aromatic rings. The van der Waals surface area contributed by atoms with Crippen molar-refractivity contribution in [1.29, 1.82) is 0 Å². The first-order valence-corrected chi connectivity index (χ1v) is 12.4. The molecule has 0 radical (unpaired) electrons. The van der Waals surface area contributed by atoms with Gasteiger partial charge in [0.15, 0.2) is 11.5 Å². The molecule has 0 saturated carbocycles. The molecule has 0 aromatic heterocycles. The van der Waals surface area contributed by atoms with Gasteiger partial charge in [-0.05, 0) is 57.2 Å². The number of carbonyl (C=O) groups excluding carboxylic acids is 2. The van der Waals surface area contributed by atoms with E-state index in [1.807, 2.05) is 63.8 Å². The topological polar surface area (TPSA) is 80.3 Å². The number of ether oxygens (including phenoxy) is 3. The summed E-state index contributed by atoms with van der Waals surface area (Å²) in [5.41, 5.74) is 2.19. The fourth-order valence-corrected chi connectivity index (χ4v) is 4.03. The minimum absolute atomic E-state index is 0.0223. The van der Waals surface area contributed by atoms with Crippen molar-refractivity contribution < 1.29 is 23.8 Å². The Balaban J connectivity index is 1.69. The van der Waals surface area contributed by atoms with Crippen LogP contribution in [0.3, 0.4) is 0 Å². The van der Waals surface area contributed by atoms with Crippen LogP contribution in [0.1, 0.15) is 45.0 Å². The normalized spacial score (nSPS) is 13.5. The van der Waals surface area contributed by atoms with Crippen LogP contribution in [0.15, 0.2) is 36.4 Å². The molecule has 0 unspecified atom stereocenters.